The van der Waals surface area contributed by atoms with E-state index in [4.69, 9.17) is 28.4 Å². The highest BCUT2D eigenvalue weighted by Crippen LogP contribution is 2.43. The summed E-state index contributed by atoms with van der Waals surface area (Å²) in [6, 6.07) is 7.95. The zero-order chi connectivity index (χ0) is 18.8. The van der Waals surface area contributed by atoms with E-state index in [1.165, 1.54) is 11.3 Å². The van der Waals surface area contributed by atoms with Gasteiger partial charge in [-0.2, -0.15) is 0 Å². The van der Waals surface area contributed by atoms with E-state index >= 15 is 0 Å². The maximum absolute atomic E-state index is 6.30. The Morgan fingerprint density at radius 2 is 1.85 bits per heavy atom. The quantitative estimate of drug-likeness (QED) is 0.794. The van der Waals surface area contributed by atoms with Gasteiger partial charge in [0.15, 0.2) is 30.1 Å². The van der Waals surface area contributed by atoms with Gasteiger partial charge >= 0.3 is 0 Å². The van der Waals surface area contributed by atoms with E-state index < -0.39 is 24.0 Å². The number of fused-ring (bicyclic) bond motifs is 2. The second kappa shape index (κ2) is 6.10. The molecule has 0 aliphatic carbocycles. The lowest BCUT2D eigenvalue weighted by Crippen LogP contribution is -2.45. The van der Waals surface area contributed by atoms with E-state index in [2.05, 4.69) is 4.98 Å². The van der Waals surface area contributed by atoms with Crippen molar-refractivity contribution in [1.82, 2.24) is 4.98 Å². The van der Waals surface area contributed by atoms with Crippen molar-refractivity contribution in [2.24, 2.45) is 0 Å². The molecule has 3 fully saturated rings. The van der Waals surface area contributed by atoms with Gasteiger partial charge in [-0.15, -0.1) is 0 Å². The van der Waals surface area contributed by atoms with Gasteiger partial charge in [0.25, 0.3) is 5.19 Å². The highest BCUT2D eigenvalue weighted by molar-refractivity contribution is 7.20. The number of aromatic nitrogens is 1. The van der Waals surface area contributed by atoms with Gasteiger partial charge in [0.1, 0.15) is 12.2 Å². The Bertz CT molecular complexity index is 819. The van der Waals surface area contributed by atoms with Crippen LogP contribution in [0.5, 0.6) is 5.19 Å². The third-order valence-corrected chi connectivity index (χ3v) is 5.86. The van der Waals surface area contributed by atoms with Crippen molar-refractivity contribution in [2.45, 2.75) is 70.0 Å². The van der Waals surface area contributed by atoms with Crippen LogP contribution in [0.15, 0.2) is 24.3 Å². The van der Waals surface area contributed by atoms with E-state index in [0.717, 1.165) is 10.2 Å². The van der Waals surface area contributed by atoms with Crippen molar-refractivity contribution < 1.29 is 28.4 Å². The topological polar surface area (TPSA) is 68.3 Å². The monoisotopic (exact) mass is 393 g/mol. The smallest absolute Gasteiger partial charge is 0.274 e. The summed E-state index contributed by atoms with van der Waals surface area (Å²) >= 11 is 1.51. The van der Waals surface area contributed by atoms with Crippen LogP contribution in [0.4, 0.5) is 0 Å². The molecule has 3 aliphatic rings. The second-order valence-electron chi connectivity index (χ2n) is 7.97. The zero-order valence-electron chi connectivity index (χ0n) is 15.7. The molecule has 0 bridgehead atoms. The molecule has 0 unspecified atom stereocenters. The molecule has 8 heteroatoms. The molecule has 7 nitrogen and oxygen atoms in total. The lowest BCUT2D eigenvalue weighted by molar-refractivity contribution is -0.230. The van der Waals surface area contributed by atoms with Crippen molar-refractivity contribution >= 4 is 21.6 Å². The van der Waals surface area contributed by atoms with Gasteiger partial charge in [0.2, 0.25) is 0 Å². The van der Waals surface area contributed by atoms with Crippen molar-refractivity contribution in [3.05, 3.63) is 24.3 Å². The number of rotatable bonds is 3. The van der Waals surface area contributed by atoms with Crippen LogP contribution in [-0.2, 0) is 23.7 Å². The summed E-state index contributed by atoms with van der Waals surface area (Å²) in [6.07, 6.45) is -1.90. The number of benzene rings is 1. The minimum Gasteiger partial charge on any atom is -0.461 e. The molecule has 0 spiro atoms. The molecule has 3 aliphatic heterocycles. The predicted molar refractivity (Wildman–Crippen MR) is 97.6 cm³/mol. The maximum Gasteiger partial charge on any atom is 0.274 e. The maximum atomic E-state index is 6.30. The Labute approximate surface area is 161 Å². The lowest BCUT2D eigenvalue weighted by atomic mass is 10.1. The van der Waals surface area contributed by atoms with Crippen molar-refractivity contribution in [1.29, 1.82) is 0 Å². The third kappa shape index (κ3) is 3.24. The van der Waals surface area contributed by atoms with Crippen LogP contribution in [0.3, 0.4) is 0 Å². The first kappa shape index (κ1) is 17.8. The number of para-hydroxylation sites is 1. The van der Waals surface area contributed by atoms with E-state index in [0.29, 0.717) is 11.8 Å². The highest BCUT2D eigenvalue weighted by Gasteiger charge is 2.59. The molecule has 1 aromatic heterocycles. The van der Waals surface area contributed by atoms with Gasteiger partial charge < -0.3 is 28.4 Å². The van der Waals surface area contributed by atoms with Gasteiger partial charge in [0.05, 0.1) is 16.8 Å². The number of hydrogen-bond donors (Lipinski definition) is 0. The molecule has 4 heterocycles. The number of thiazole rings is 1. The molecule has 3 saturated heterocycles. The average Bonchev–Trinajstić information content (AvgIpc) is 3.30. The second-order valence-corrected chi connectivity index (χ2v) is 8.96. The van der Waals surface area contributed by atoms with Gasteiger partial charge in [0, 0.05) is 0 Å². The Kier molecular flexibility index (Phi) is 4.02. The largest absolute Gasteiger partial charge is 0.461 e. The van der Waals surface area contributed by atoms with E-state index in [1.807, 2.05) is 52.0 Å². The molecule has 1 aromatic carbocycles. The third-order valence-electron chi connectivity index (χ3n) is 4.93. The molecule has 0 amide bonds. The van der Waals surface area contributed by atoms with Crippen molar-refractivity contribution in [3.8, 4) is 5.19 Å². The van der Waals surface area contributed by atoms with Crippen molar-refractivity contribution in [3.63, 3.8) is 0 Å². The van der Waals surface area contributed by atoms with Crippen LogP contribution in [0.2, 0.25) is 0 Å². The van der Waals surface area contributed by atoms with Crippen LogP contribution in [0.1, 0.15) is 27.7 Å². The summed E-state index contributed by atoms with van der Waals surface area (Å²) < 4.78 is 37.3. The highest BCUT2D eigenvalue weighted by atomic mass is 32.1. The summed E-state index contributed by atoms with van der Waals surface area (Å²) in [7, 11) is 0. The SMILES string of the molecule is CC1(C)O[C@H]2O[C@H]([C@H]3COC(C)(C)O3)[C@@H](Oc3nc4ccccc4s3)[C@H]2O1. The summed E-state index contributed by atoms with van der Waals surface area (Å²) in [4.78, 5) is 4.59. The fourth-order valence-corrected chi connectivity index (χ4v) is 4.69. The standard InChI is InChI=1S/C19H23NO6S/c1-18(2)21-9-11(24-18)13-14(15-16(22-13)26-19(3,4)25-15)23-17-20-10-7-5-6-8-12(10)27-17/h5-8,11,13-16H,9H2,1-4H3/t11-,13-,14-,15-,16-/m1/s1. The summed E-state index contributed by atoms with van der Waals surface area (Å²) in [5.74, 6) is -1.37. The molecule has 146 valence electrons. The van der Waals surface area contributed by atoms with Crippen LogP contribution >= 0.6 is 11.3 Å². The van der Waals surface area contributed by atoms with Crippen LogP contribution in [-0.4, -0.2) is 53.9 Å². The van der Waals surface area contributed by atoms with Crippen molar-refractivity contribution in [2.75, 3.05) is 6.61 Å². The van der Waals surface area contributed by atoms with E-state index in [1.54, 1.807) is 0 Å². The van der Waals surface area contributed by atoms with Gasteiger partial charge in [-0.25, -0.2) is 4.98 Å². The molecule has 0 saturated carbocycles. The normalized spacial score (nSPS) is 37.0. The number of hydrogen-bond acceptors (Lipinski definition) is 8. The van der Waals surface area contributed by atoms with Gasteiger partial charge in [-0.05, 0) is 39.8 Å². The average molecular weight is 393 g/mol. The predicted octanol–water partition coefficient (Wildman–Crippen LogP) is 3.07. The summed E-state index contributed by atoms with van der Waals surface area (Å²) in [5.41, 5.74) is 0.912. The Balaban J connectivity index is 1.43. The van der Waals surface area contributed by atoms with Gasteiger partial charge in [-0.3, -0.25) is 0 Å². The van der Waals surface area contributed by atoms with Crippen LogP contribution in [0, 0.1) is 0 Å². The molecule has 0 radical (unpaired) electrons. The minimum absolute atomic E-state index is 0.264. The summed E-state index contributed by atoms with van der Waals surface area (Å²) in [5, 5.41) is 0.585. The molecular formula is C19H23NO6S. The molecule has 0 N–H and O–H groups in total. The fourth-order valence-electron chi connectivity index (χ4n) is 3.83. The van der Waals surface area contributed by atoms with Crippen LogP contribution < -0.4 is 4.74 Å². The number of ether oxygens (including phenoxy) is 6. The molecular weight excluding hydrogens is 370 g/mol. The molecule has 5 atom stereocenters. The Morgan fingerprint density at radius 3 is 2.59 bits per heavy atom. The fraction of sp³-hybridized carbons (Fsp3) is 0.632. The minimum atomic E-state index is -0.720. The first-order chi connectivity index (χ1) is 12.8. The Morgan fingerprint density at radius 1 is 1.04 bits per heavy atom. The molecule has 27 heavy (non-hydrogen) atoms. The van der Waals surface area contributed by atoms with E-state index in [9.17, 15) is 0 Å². The van der Waals surface area contributed by atoms with E-state index in [-0.39, 0.29) is 18.3 Å². The lowest BCUT2D eigenvalue weighted by Gasteiger charge is -2.28. The number of nitrogens with zero attached hydrogens (tertiary/aromatic N) is 1. The first-order valence-corrected chi connectivity index (χ1v) is 9.96. The summed E-state index contributed by atoms with van der Waals surface area (Å²) in [6.45, 7) is 7.96. The molecule has 2 aromatic rings. The molecule has 5 rings (SSSR count). The Hall–Kier alpha value is -1.29. The van der Waals surface area contributed by atoms with Crippen LogP contribution in [0.25, 0.3) is 10.2 Å². The van der Waals surface area contributed by atoms with Gasteiger partial charge in [-0.1, -0.05) is 23.5 Å². The zero-order valence-corrected chi connectivity index (χ0v) is 16.5. The first-order valence-electron chi connectivity index (χ1n) is 9.15.